The molecule has 0 fully saturated rings. The zero-order valence-electron chi connectivity index (χ0n) is 8.84. The van der Waals surface area contributed by atoms with E-state index in [2.05, 4.69) is 6.58 Å². The van der Waals surface area contributed by atoms with E-state index in [4.69, 9.17) is 5.26 Å². The highest BCUT2D eigenvalue weighted by atomic mass is 16.3. The molecular formula is C13H13NO2. The number of hydrogen-bond donors (Lipinski definition) is 1. The van der Waals surface area contributed by atoms with Crippen LogP contribution in [0.5, 0.6) is 0 Å². The number of nitriles is 1. The maximum absolute atomic E-state index is 10.6. The van der Waals surface area contributed by atoms with Crippen molar-refractivity contribution in [2.75, 3.05) is 0 Å². The van der Waals surface area contributed by atoms with Gasteiger partial charge in [0.2, 0.25) is 0 Å². The van der Waals surface area contributed by atoms with Gasteiger partial charge in [-0.2, -0.15) is 5.26 Å². The second-order valence-corrected chi connectivity index (χ2v) is 3.53. The smallest absolute Gasteiger partial charge is 0.150 e. The van der Waals surface area contributed by atoms with Crippen molar-refractivity contribution in [2.24, 2.45) is 5.92 Å². The number of aldehydes is 1. The van der Waals surface area contributed by atoms with Crippen LogP contribution in [0.3, 0.4) is 0 Å². The van der Waals surface area contributed by atoms with E-state index in [1.165, 1.54) is 6.08 Å². The van der Waals surface area contributed by atoms with Gasteiger partial charge in [0.1, 0.15) is 6.29 Å². The molecule has 0 radical (unpaired) electrons. The Balaban J connectivity index is 2.82. The monoisotopic (exact) mass is 215 g/mol. The van der Waals surface area contributed by atoms with Crippen LogP contribution in [0.25, 0.3) is 0 Å². The lowest BCUT2D eigenvalue weighted by molar-refractivity contribution is 0.112. The predicted octanol–water partition coefficient (Wildman–Crippen LogP) is 1.73. The van der Waals surface area contributed by atoms with Gasteiger partial charge in [-0.1, -0.05) is 24.3 Å². The van der Waals surface area contributed by atoms with Gasteiger partial charge in [-0.15, -0.1) is 6.58 Å². The van der Waals surface area contributed by atoms with Crippen molar-refractivity contribution in [3.63, 3.8) is 0 Å². The number of aliphatic hydroxyl groups excluding tert-OH is 1. The van der Waals surface area contributed by atoms with E-state index < -0.39 is 12.0 Å². The molecule has 1 rings (SSSR count). The molecule has 1 aromatic rings. The predicted molar refractivity (Wildman–Crippen MR) is 60.8 cm³/mol. The molecule has 82 valence electrons. The van der Waals surface area contributed by atoms with Crippen LogP contribution in [0.2, 0.25) is 0 Å². The van der Waals surface area contributed by atoms with Gasteiger partial charge < -0.3 is 5.11 Å². The van der Waals surface area contributed by atoms with Crippen molar-refractivity contribution >= 4 is 6.29 Å². The molecule has 1 aromatic carbocycles. The van der Waals surface area contributed by atoms with E-state index in [9.17, 15) is 9.90 Å². The number of benzene rings is 1. The van der Waals surface area contributed by atoms with Crippen LogP contribution in [0.4, 0.5) is 0 Å². The molecule has 0 aliphatic carbocycles. The highest BCUT2D eigenvalue weighted by Gasteiger charge is 2.16. The molecule has 0 aliphatic rings. The Morgan fingerprint density at radius 3 is 2.88 bits per heavy atom. The third-order valence-corrected chi connectivity index (χ3v) is 2.36. The second kappa shape index (κ2) is 5.84. The summed E-state index contributed by atoms with van der Waals surface area (Å²) < 4.78 is 0. The van der Waals surface area contributed by atoms with E-state index in [0.29, 0.717) is 12.0 Å². The minimum Gasteiger partial charge on any atom is -0.388 e. The summed E-state index contributed by atoms with van der Waals surface area (Å²) in [7, 11) is 0. The van der Waals surface area contributed by atoms with Gasteiger partial charge in [0.15, 0.2) is 0 Å². The summed E-state index contributed by atoms with van der Waals surface area (Å²) >= 11 is 0. The molecule has 0 bridgehead atoms. The first kappa shape index (κ1) is 12.2. The molecule has 3 heteroatoms. The van der Waals surface area contributed by atoms with Crippen molar-refractivity contribution in [2.45, 2.75) is 12.5 Å². The highest BCUT2D eigenvalue weighted by molar-refractivity contribution is 5.74. The maximum Gasteiger partial charge on any atom is 0.150 e. The van der Waals surface area contributed by atoms with Crippen molar-refractivity contribution in [1.29, 1.82) is 5.26 Å². The van der Waals surface area contributed by atoms with Crippen LogP contribution in [-0.2, 0) is 6.42 Å². The van der Waals surface area contributed by atoms with E-state index >= 15 is 0 Å². The molecule has 0 saturated carbocycles. The van der Waals surface area contributed by atoms with Crippen LogP contribution >= 0.6 is 0 Å². The van der Waals surface area contributed by atoms with Crippen LogP contribution in [0.15, 0.2) is 36.9 Å². The Labute approximate surface area is 94.6 Å². The van der Waals surface area contributed by atoms with Gasteiger partial charge in [0.05, 0.1) is 18.1 Å². The average molecular weight is 215 g/mol. The fourth-order valence-electron chi connectivity index (χ4n) is 1.45. The largest absolute Gasteiger partial charge is 0.388 e. The van der Waals surface area contributed by atoms with Crippen LogP contribution in [0, 0.1) is 17.2 Å². The second-order valence-electron chi connectivity index (χ2n) is 3.53. The molecule has 0 aliphatic heterocycles. The third-order valence-electron chi connectivity index (χ3n) is 2.36. The molecule has 0 amide bonds. The van der Waals surface area contributed by atoms with Crippen LogP contribution in [0.1, 0.15) is 15.9 Å². The van der Waals surface area contributed by atoms with Crippen LogP contribution < -0.4 is 0 Å². The first-order valence-corrected chi connectivity index (χ1v) is 4.95. The van der Waals surface area contributed by atoms with Crippen molar-refractivity contribution < 1.29 is 9.90 Å². The minimum atomic E-state index is -0.843. The number of rotatable bonds is 5. The molecule has 16 heavy (non-hydrogen) atoms. The number of hydrogen-bond acceptors (Lipinski definition) is 3. The van der Waals surface area contributed by atoms with E-state index in [-0.39, 0.29) is 0 Å². The normalized spacial score (nSPS) is 13.5. The summed E-state index contributed by atoms with van der Waals surface area (Å²) in [6.45, 7) is 3.45. The molecule has 1 N–H and O–H groups in total. The summed E-state index contributed by atoms with van der Waals surface area (Å²) in [4.78, 5) is 10.6. The Morgan fingerprint density at radius 2 is 2.31 bits per heavy atom. The molecule has 2 unspecified atom stereocenters. The average Bonchev–Trinajstić information content (AvgIpc) is 2.35. The minimum absolute atomic E-state index is 0.408. The lowest BCUT2D eigenvalue weighted by Gasteiger charge is -2.12. The van der Waals surface area contributed by atoms with Crippen molar-refractivity contribution in [3.05, 3.63) is 48.0 Å². The van der Waals surface area contributed by atoms with Gasteiger partial charge in [0, 0.05) is 5.56 Å². The Bertz CT molecular complexity index is 420. The number of nitrogens with zero attached hydrogens (tertiary/aromatic N) is 1. The first-order valence-electron chi connectivity index (χ1n) is 4.95. The highest BCUT2D eigenvalue weighted by Crippen LogP contribution is 2.13. The van der Waals surface area contributed by atoms with Crippen molar-refractivity contribution in [3.8, 4) is 6.07 Å². The zero-order valence-corrected chi connectivity index (χ0v) is 8.84. The quantitative estimate of drug-likeness (QED) is 0.601. The molecule has 2 atom stereocenters. The fraction of sp³-hybridized carbons (Fsp3) is 0.231. The van der Waals surface area contributed by atoms with Gasteiger partial charge in [-0.05, 0) is 18.1 Å². The number of carbonyl (C=O) groups excluding carboxylic acids is 1. The zero-order chi connectivity index (χ0) is 12.0. The molecule has 0 aromatic heterocycles. The summed E-state index contributed by atoms with van der Waals surface area (Å²) in [5.74, 6) is -0.528. The summed E-state index contributed by atoms with van der Waals surface area (Å²) in [6.07, 6.45) is 1.67. The SMILES string of the molecule is C=CC(O)C(C#N)Cc1cccc(C=O)c1. The van der Waals surface area contributed by atoms with Crippen molar-refractivity contribution in [1.82, 2.24) is 0 Å². The van der Waals surface area contributed by atoms with Crippen LogP contribution in [-0.4, -0.2) is 17.5 Å². The lowest BCUT2D eigenvalue weighted by Crippen LogP contribution is -2.18. The molecular weight excluding hydrogens is 202 g/mol. The summed E-state index contributed by atoms with van der Waals surface area (Å²) in [5, 5.41) is 18.4. The topological polar surface area (TPSA) is 61.1 Å². The third kappa shape index (κ3) is 3.04. The Kier molecular flexibility index (Phi) is 4.43. The van der Waals surface area contributed by atoms with Gasteiger partial charge in [-0.25, -0.2) is 0 Å². The standard InChI is InChI=1S/C13H13NO2/c1-2-13(16)12(8-14)7-10-4-3-5-11(6-10)9-15/h2-6,9,12-13,16H,1,7H2. The number of carbonyl (C=O) groups is 1. The lowest BCUT2D eigenvalue weighted by atomic mass is 9.94. The van der Waals surface area contributed by atoms with Gasteiger partial charge in [-0.3, -0.25) is 4.79 Å². The van der Waals surface area contributed by atoms with E-state index in [1.807, 2.05) is 12.1 Å². The molecule has 3 nitrogen and oxygen atoms in total. The van der Waals surface area contributed by atoms with Gasteiger partial charge in [0.25, 0.3) is 0 Å². The molecule has 0 saturated heterocycles. The summed E-state index contributed by atoms with van der Waals surface area (Å²) in [6, 6.07) is 9.03. The summed E-state index contributed by atoms with van der Waals surface area (Å²) in [5.41, 5.74) is 1.43. The first-order chi connectivity index (χ1) is 7.71. The molecule has 0 heterocycles. The Hall–Kier alpha value is -1.92. The van der Waals surface area contributed by atoms with E-state index in [1.54, 1.807) is 18.2 Å². The fourth-order valence-corrected chi connectivity index (χ4v) is 1.45. The maximum atomic E-state index is 10.6. The molecule has 0 spiro atoms. The van der Waals surface area contributed by atoms with Gasteiger partial charge >= 0.3 is 0 Å². The number of aliphatic hydroxyl groups is 1. The Morgan fingerprint density at radius 1 is 1.56 bits per heavy atom. The van der Waals surface area contributed by atoms with E-state index in [0.717, 1.165) is 11.8 Å².